The molecule has 1 aromatic carbocycles. The second-order valence-electron chi connectivity index (χ2n) is 6.20. The van der Waals surface area contributed by atoms with Gasteiger partial charge in [0.25, 0.3) is 5.91 Å². The van der Waals surface area contributed by atoms with Crippen LogP contribution in [-0.4, -0.2) is 37.4 Å². The number of ether oxygens (including phenoxy) is 1. The van der Waals surface area contributed by atoms with Crippen LogP contribution in [0.4, 0.5) is 0 Å². The molecular weight excluding hydrogens is 366 g/mol. The van der Waals surface area contributed by atoms with Crippen molar-refractivity contribution in [1.29, 1.82) is 0 Å². The highest BCUT2D eigenvalue weighted by Crippen LogP contribution is 2.16. The van der Waals surface area contributed by atoms with E-state index >= 15 is 0 Å². The molecule has 0 aliphatic rings. The Kier molecular flexibility index (Phi) is 5.81. The molecule has 0 aliphatic carbocycles. The van der Waals surface area contributed by atoms with Crippen molar-refractivity contribution < 1.29 is 9.53 Å². The van der Waals surface area contributed by atoms with Crippen LogP contribution in [0.25, 0.3) is 0 Å². The minimum absolute atomic E-state index is 0.129. The summed E-state index contributed by atoms with van der Waals surface area (Å²) in [6.07, 6.45) is 3.56. The third-order valence-corrected chi connectivity index (χ3v) is 4.48. The molecule has 0 spiro atoms. The highest BCUT2D eigenvalue weighted by molar-refractivity contribution is 6.30. The smallest absolute Gasteiger partial charge is 0.272 e. The molecule has 0 N–H and O–H groups in total. The number of aromatic nitrogens is 4. The van der Waals surface area contributed by atoms with Gasteiger partial charge in [0, 0.05) is 43.1 Å². The van der Waals surface area contributed by atoms with E-state index < -0.39 is 0 Å². The summed E-state index contributed by atoms with van der Waals surface area (Å²) in [4.78, 5) is 14.5. The van der Waals surface area contributed by atoms with E-state index in [1.54, 1.807) is 48.5 Å². The number of benzene rings is 1. The fraction of sp³-hybridized carbons (Fsp3) is 0.316. The Bertz CT molecular complexity index is 917. The fourth-order valence-electron chi connectivity index (χ4n) is 2.68. The summed E-state index contributed by atoms with van der Waals surface area (Å²) in [5, 5.41) is 9.26. The zero-order valence-electron chi connectivity index (χ0n) is 15.6. The Balaban J connectivity index is 1.67. The predicted octanol–water partition coefficient (Wildman–Crippen LogP) is 3.37. The highest BCUT2D eigenvalue weighted by atomic mass is 35.5. The van der Waals surface area contributed by atoms with E-state index in [1.165, 1.54) is 4.68 Å². The van der Waals surface area contributed by atoms with Gasteiger partial charge in [0.1, 0.15) is 11.4 Å². The number of nitrogens with zero attached hydrogens (tertiary/aromatic N) is 5. The van der Waals surface area contributed by atoms with E-state index in [4.69, 9.17) is 16.3 Å². The SMILES string of the molecule is CCn1cc(CN(C)C(=O)c2ccnn2COc2ccc(Cl)cc2)c(C)n1. The van der Waals surface area contributed by atoms with Crippen LogP contribution in [0.3, 0.4) is 0 Å². The summed E-state index contributed by atoms with van der Waals surface area (Å²) in [6, 6.07) is 8.73. The van der Waals surface area contributed by atoms with E-state index in [1.807, 2.05) is 24.7 Å². The van der Waals surface area contributed by atoms with Crippen molar-refractivity contribution in [3.8, 4) is 5.75 Å². The van der Waals surface area contributed by atoms with Gasteiger partial charge in [-0.05, 0) is 44.2 Å². The first kappa shape index (κ1) is 19.0. The summed E-state index contributed by atoms with van der Waals surface area (Å²) in [6.45, 7) is 5.39. The molecule has 0 saturated heterocycles. The molecule has 27 heavy (non-hydrogen) atoms. The first-order valence-electron chi connectivity index (χ1n) is 8.66. The maximum Gasteiger partial charge on any atom is 0.272 e. The normalized spacial score (nSPS) is 10.8. The van der Waals surface area contributed by atoms with Gasteiger partial charge in [0.2, 0.25) is 0 Å². The van der Waals surface area contributed by atoms with Crippen LogP contribution in [-0.2, 0) is 19.8 Å². The lowest BCUT2D eigenvalue weighted by atomic mass is 10.2. The van der Waals surface area contributed by atoms with Crippen LogP contribution in [0.1, 0.15) is 28.7 Å². The van der Waals surface area contributed by atoms with Crippen LogP contribution in [0, 0.1) is 6.92 Å². The molecule has 0 aliphatic heterocycles. The van der Waals surface area contributed by atoms with Crippen molar-refractivity contribution in [2.24, 2.45) is 0 Å². The van der Waals surface area contributed by atoms with Crippen LogP contribution in [0.5, 0.6) is 5.75 Å². The van der Waals surface area contributed by atoms with Crippen LogP contribution < -0.4 is 4.74 Å². The largest absolute Gasteiger partial charge is 0.471 e. The van der Waals surface area contributed by atoms with Gasteiger partial charge in [-0.2, -0.15) is 10.2 Å². The van der Waals surface area contributed by atoms with Crippen molar-refractivity contribution in [3.05, 3.63) is 64.7 Å². The molecule has 0 unspecified atom stereocenters. The van der Waals surface area contributed by atoms with Crippen molar-refractivity contribution in [1.82, 2.24) is 24.5 Å². The molecule has 3 aromatic rings. The highest BCUT2D eigenvalue weighted by Gasteiger charge is 2.18. The molecule has 8 heteroatoms. The van der Waals surface area contributed by atoms with Crippen molar-refractivity contribution in [2.75, 3.05) is 7.05 Å². The molecule has 0 saturated carbocycles. The minimum atomic E-state index is -0.129. The Morgan fingerprint density at radius 1 is 1.26 bits per heavy atom. The molecule has 0 atom stereocenters. The predicted molar refractivity (Wildman–Crippen MR) is 103 cm³/mol. The van der Waals surface area contributed by atoms with Gasteiger partial charge in [-0.15, -0.1) is 0 Å². The second-order valence-corrected chi connectivity index (χ2v) is 6.64. The Morgan fingerprint density at radius 3 is 2.67 bits per heavy atom. The van der Waals surface area contributed by atoms with E-state index in [2.05, 4.69) is 10.2 Å². The van der Waals surface area contributed by atoms with Gasteiger partial charge in [-0.3, -0.25) is 9.48 Å². The molecule has 0 radical (unpaired) electrons. The van der Waals surface area contributed by atoms with Crippen molar-refractivity contribution in [3.63, 3.8) is 0 Å². The number of hydrogen-bond acceptors (Lipinski definition) is 4. The van der Waals surface area contributed by atoms with Gasteiger partial charge < -0.3 is 9.64 Å². The molecular formula is C19H22ClN5O2. The van der Waals surface area contributed by atoms with E-state index in [-0.39, 0.29) is 12.6 Å². The summed E-state index contributed by atoms with van der Waals surface area (Å²) in [5.41, 5.74) is 2.42. The monoisotopic (exact) mass is 387 g/mol. The van der Waals surface area contributed by atoms with Gasteiger partial charge in [0.15, 0.2) is 6.73 Å². The second kappa shape index (κ2) is 8.26. The van der Waals surface area contributed by atoms with Gasteiger partial charge in [-0.25, -0.2) is 4.68 Å². The van der Waals surface area contributed by atoms with Gasteiger partial charge >= 0.3 is 0 Å². The maximum absolute atomic E-state index is 12.8. The average Bonchev–Trinajstić information content (AvgIpc) is 3.27. The lowest BCUT2D eigenvalue weighted by Gasteiger charge is -2.17. The quantitative estimate of drug-likeness (QED) is 0.623. The van der Waals surface area contributed by atoms with Crippen molar-refractivity contribution >= 4 is 17.5 Å². The number of hydrogen-bond donors (Lipinski definition) is 0. The number of carbonyl (C=O) groups is 1. The number of amides is 1. The summed E-state index contributed by atoms with van der Waals surface area (Å²) in [7, 11) is 1.77. The first-order chi connectivity index (χ1) is 13.0. The summed E-state index contributed by atoms with van der Waals surface area (Å²) >= 11 is 5.87. The molecule has 7 nitrogen and oxygen atoms in total. The lowest BCUT2D eigenvalue weighted by Crippen LogP contribution is -2.29. The molecule has 3 rings (SSSR count). The Hall–Kier alpha value is -2.80. The summed E-state index contributed by atoms with van der Waals surface area (Å²) < 4.78 is 9.09. The van der Waals surface area contributed by atoms with Crippen LogP contribution in [0.15, 0.2) is 42.7 Å². The van der Waals surface area contributed by atoms with Gasteiger partial charge in [-0.1, -0.05) is 11.6 Å². The zero-order chi connectivity index (χ0) is 19.4. The number of carbonyl (C=O) groups excluding carboxylic acids is 1. The average molecular weight is 388 g/mol. The zero-order valence-corrected chi connectivity index (χ0v) is 16.3. The molecule has 2 aromatic heterocycles. The van der Waals surface area contributed by atoms with Crippen LogP contribution >= 0.6 is 11.6 Å². The van der Waals surface area contributed by atoms with Crippen LogP contribution in [0.2, 0.25) is 5.02 Å². The first-order valence-corrected chi connectivity index (χ1v) is 9.04. The number of aryl methyl sites for hydroxylation is 2. The third kappa shape index (κ3) is 4.49. The number of rotatable bonds is 7. The standard InChI is InChI=1S/C19H22ClN5O2/c1-4-24-12-15(14(2)22-24)11-23(3)19(26)18-9-10-21-25(18)13-27-17-7-5-16(20)6-8-17/h5-10,12H,4,11,13H2,1-3H3. The van der Waals surface area contributed by atoms with E-state index in [0.29, 0.717) is 23.0 Å². The Morgan fingerprint density at radius 2 is 2.00 bits per heavy atom. The molecule has 0 fully saturated rings. The lowest BCUT2D eigenvalue weighted by molar-refractivity contribution is 0.0762. The third-order valence-electron chi connectivity index (χ3n) is 4.23. The van der Waals surface area contributed by atoms with E-state index in [9.17, 15) is 4.79 Å². The van der Waals surface area contributed by atoms with Gasteiger partial charge in [0.05, 0.1) is 5.69 Å². The minimum Gasteiger partial charge on any atom is -0.471 e. The topological polar surface area (TPSA) is 65.2 Å². The molecule has 142 valence electrons. The maximum atomic E-state index is 12.8. The van der Waals surface area contributed by atoms with E-state index in [0.717, 1.165) is 17.8 Å². The molecule has 2 heterocycles. The Labute approximate surface area is 163 Å². The molecule has 1 amide bonds. The fourth-order valence-corrected chi connectivity index (χ4v) is 2.81. The molecule has 0 bridgehead atoms. The summed E-state index contributed by atoms with van der Waals surface area (Å²) in [5.74, 6) is 0.528. The van der Waals surface area contributed by atoms with Crippen molar-refractivity contribution in [2.45, 2.75) is 33.7 Å². The number of halogens is 1.